The molecule has 1 aromatic carbocycles. The Balaban J connectivity index is 1.88. The number of aliphatic hydroxyl groups is 1. The van der Waals surface area contributed by atoms with Crippen LogP contribution in [0.2, 0.25) is 0 Å². The van der Waals surface area contributed by atoms with E-state index in [0.717, 1.165) is 12.8 Å². The minimum absolute atomic E-state index is 0.148. The number of rotatable bonds is 3. The van der Waals surface area contributed by atoms with Crippen LogP contribution in [0.15, 0.2) is 24.3 Å². The van der Waals surface area contributed by atoms with E-state index in [1.165, 1.54) is 6.07 Å². The van der Waals surface area contributed by atoms with Crippen molar-refractivity contribution < 1.29 is 9.50 Å². The van der Waals surface area contributed by atoms with Gasteiger partial charge in [0.1, 0.15) is 5.82 Å². The standard InChI is InChI=1S/C11H14FNO/c12-9-4-2-1-3-8(9)7-13-10-5-6-11(10)14/h1-4,10-11,13-14H,5-7H2/t10-,11-/m1/s1. The zero-order chi connectivity index (χ0) is 9.97. The van der Waals surface area contributed by atoms with Gasteiger partial charge in [-0.2, -0.15) is 0 Å². The Morgan fingerprint density at radius 2 is 2.14 bits per heavy atom. The Morgan fingerprint density at radius 3 is 2.71 bits per heavy atom. The number of hydrogen-bond acceptors (Lipinski definition) is 2. The minimum Gasteiger partial charge on any atom is -0.392 e. The maximum Gasteiger partial charge on any atom is 0.127 e. The molecular weight excluding hydrogens is 181 g/mol. The van der Waals surface area contributed by atoms with Crippen LogP contribution in [0, 0.1) is 5.82 Å². The summed E-state index contributed by atoms with van der Waals surface area (Å²) in [5.41, 5.74) is 0.659. The third kappa shape index (κ3) is 1.94. The van der Waals surface area contributed by atoms with E-state index in [0.29, 0.717) is 12.1 Å². The maximum absolute atomic E-state index is 13.2. The molecule has 1 fully saturated rings. The fourth-order valence-electron chi connectivity index (χ4n) is 1.60. The van der Waals surface area contributed by atoms with Crippen molar-refractivity contribution in [1.29, 1.82) is 0 Å². The Morgan fingerprint density at radius 1 is 1.36 bits per heavy atom. The Kier molecular flexibility index (Phi) is 2.79. The molecule has 14 heavy (non-hydrogen) atoms. The van der Waals surface area contributed by atoms with Crippen LogP contribution < -0.4 is 5.32 Å². The summed E-state index contributed by atoms with van der Waals surface area (Å²) in [5, 5.41) is 12.4. The molecule has 0 aliphatic heterocycles. The van der Waals surface area contributed by atoms with Crippen molar-refractivity contribution in [3.63, 3.8) is 0 Å². The summed E-state index contributed by atoms with van der Waals surface area (Å²) in [4.78, 5) is 0. The second kappa shape index (κ2) is 4.07. The molecule has 0 bridgehead atoms. The van der Waals surface area contributed by atoms with Crippen LogP contribution in [-0.2, 0) is 6.54 Å². The van der Waals surface area contributed by atoms with E-state index in [1.807, 2.05) is 6.07 Å². The van der Waals surface area contributed by atoms with E-state index in [-0.39, 0.29) is 18.0 Å². The topological polar surface area (TPSA) is 32.3 Å². The van der Waals surface area contributed by atoms with Gasteiger partial charge in [-0.15, -0.1) is 0 Å². The molecule has 2 nitrogen and oxygen atoms in total. The predicted octanol–water partition coefficient (Wildman–Crippen LogP) is 1.44. The molecule has 76 valence electrons. The lowest BCUT2D eigenvalue weighted by Crippen LogP contribution is -2.47. The lowest BCUT2D eigenvalue weighted by atomic mass is 9.89. The monoisotopic (exact) mass is 195 g/mol. The van der Waals surface area contributed by atoms with Crippen molar-refractivity contribution in [2.75, 3.05) is 0 Å². The molecule has 0 spiro atoms. The van der Waals surface area contributed by atoms with Crippen LogP contribution in [0.5, 0.6) is 0 Å². The summed E-state index contributed by atoms with van der Waals surface area (Å²) in [7, 11) is 0. The third-order valence-corrected chi connectivity index (χ3v) is 2.75. The largest absolute Gasteiger partial charge is 0.392 e. The van der Waals surface area contributed by atoms with Crippen LogP contribution in [0.25, 0.3) is 0 Å². The van der Waals surface area contributed by atoms with Crippen molar-refractivity contribution in [3.8, 4) is 0 Å². The van der Waals surface area contributed by atoms with Gasteiger partial charge in [0.05, 0.1) is 6.10 Å². The molecule has 2 atom stereocenters. The van der Waals surface area contributed by atoms with Gasteiger partial charge in [-0.1, -0.05) is 18.2 Å². The van der Waals surface area contributed by atoms with E-state index in [1.54, 1.807) is 12.1 Å². The predicted molar refractivity (Wildman–Crippen MR) is 52.3 cm³/mol. The van der Waals surface area contributed by atoms with E-state index >= 15 is 0 Å². The van der Waals surface area contributed by atoms with E-state index < -0.39 is 0 Å². The van der Waals surface area contributed by atoms with Gasteiger partial charge in [-0.3, -0.25) is 0 Å². The smallest absolute Gasteiger partial charge is 0.127 e. The molecule has 3 heteroatoms. The lowest BCUT2D eigenvalue weighted by molar-refractivity contribution is 0.0491. The van der Waals surface area contributed by atoms with Crippen LogP contribution in [-0.4, -0.2) is 17.3 Å². The molecule has 1 aromatic rings. The minimum atomic E-state index is -0.248. The van der Waals surface area contributed by atoms with Crippen molar-refractivity contribution in [2.45, 2.75) is 31.5 Å². The second-order valence-corrected chi connectivity index (χ2v) is 3.72. The molecule has 2 N–H and O–H groups in total. The van der Waals surface area contributed by atoms with Crippen LogP contribution in [0.3, 0.4) is 0 Å². The summed E-state index contributed by atoms with van der Waals surface area (Å²) >= 11 is 0. The third-order valence-electron chi connectivity index (χ3n) is 2.75. The van der Waals surface area contributed by atoms with Gasteiger partial charge in [-0.05, 0) is 18.9 Å². The first kappa shape index (κ1) is 9.62. The maximum atomic E-state index is 13.2. The first-order valence-electron chi connectivity index (χ1n) is 4.92. The fourth-order valence-corrected chi connectivity index (χ4v) is 1.60. The summed E-state index contributed by atoms with van der Waals surface area (Å²) in [6.45, 7) is 0.494. The van der Waals surface area contributed by atoms with Gasteiger partial charge in [0, 0.05) is 18.2 Å². The highest BCUT2D eigenvalue weighted by Crippen LogP contribution is 2.20. The van der Waals surface area contributed by atoms with Crippen LogP contribution in [0.1, 0.15) is 18.4 Å². The molecule has 0 unspecified atom stereocenters. The summed E-state index contributed by atoms with van der Waals surface area (Å²) in [6, 6.07) is 6.85. The van der Waals surface area contributed by atoms with Crippen molar-refractivity contribution in [2.24, 2.45) is 0 Å². The quantitative estimate of drug-likeness (QED) is 0.765. The molecule has 0 aromatic heterocycles. The van der Waals surface area contributed by atoms with Crippen molar-refractivity contribution >= 4 is 0 Å². The average Bonchev–Trinajstić information content (AvgIpc) is 2.19. The Hall–Kier alpha value is -0.930. The summed E-state index contributed by atoms with van der Waals surface area (Å²) < 4.78 is 13.2. The molecule has 0 saturated heterocycles. The molecule has 1 saturated carbocycles. The second-order valence-electron chi connectivity index (χ2n) is 3.72. The van der Waals surface area contributed by atoms with Gasteiger partial charge < -0.3 is 10.4 Å². The zero-order valence-corrected chi connectivity index (χ0v) is 7.91. The number of nitrogens with one attached hydrogen (secondary N) is 1. The molecular formula is C11H14FNO. The Bertz CT molecular complexity index is 316. The molecule has 0 amide bonds. The molecule has 1 aliphatic carbocycles. The van der Waals surface area contributed by atoms with Crippen molar-refractivity contribution in [1.82, 2.24) is 5.32 Å². The first-order chi connectivity index (χ1) is 6.77. The van der Waals surface area contributed by atoms with E-state index in [4.69, 9.17) is 0 Å². The van der Waals surface area contributed by atoms with E-state index in [2.05, 4.69) is 5.32 Å². The fraction of sp³-hybridized carbons (Fsp3) is 0.455. The SMILES string of the molecule is O[C@@H]1CC[C@H]1NCc1ccccc1F. The molecule has 0 heterocycles. The van der Waals surface area contributed by atoms with Gasteiger partial charge in [0.2, 0.25) is 0 Å². The molecule has 1 aliphatic rings. The summed E-state index contributed by atoms with van der Waals surface area (Å²) in [6.07, 6.45) is 1.59. The number of aliphatic hydroxyl groups excluding tert-OH is 1. The highest BCUT2D eigenvalue weighted by Gasteiger charge is 2.27. The van der Waals surface area contributed by atoms with Gasteiger partial charge in [0.25, 0.3) is 0 Å². The van der Waals surface area contributed by atoms with Gasteiger partial charge in [-0.25, -0.2) is 4.39 Å². The lowest BCUT2D eigenvalue weighted by Gasteiger charge is -2.33. The highest BCUT2D eigenvalue weighted by atomic mass is 19.1. The van der Waals surface area contributed by atoms with Gasteiger partial charge in [0.15, 0.2) is 0 Å². The van der Waals surface area contributed by atoms with Crippen LogP contribution >= 0.6 is 0 Å². The summed E-state index contributed by atoms with van der Waals surface area (Å²) in [5.74, 6) is -0.186. The van der Waals surface area contributed by atoms with Crippen molar-refractivity contribution in [3.05, 3.63) is 35.6 Å². The molecule has 2 rings (SSSR count). The van der Waals surface area contributed by atoms with Gasteiger partial charge >= 0.3 is 0 Å². The number of hydrogen-bond donors (Lipinski definition) is 2. The normalized spacial score (nSPS) is 25.9. The first-order valence-corrected chi connectivity index (χ1v) is 4.92. The van der Waals surface area contributed by atoms with E-state index in [9.17, 15) is 9.50 Å². The zero-order valence-electron chi connectivity index (χ0n) is 7.91. The van der Waals surface area contributed by atoms with Crippen LogP contribution in [0.4, 0.5) is 4.39 Å². The number of halogens is 1. The Labute approximate surface area is 82.8 Å². The highest BCUT2D eigenvalue weighted by molar-refractivity contribution is 5.17. The number of benzene rings is 1. The molecule has 0 radical (unpaired) electrons. The average molecular weight is 195 g/mol.